The molecule has 3 aliphatic rings. The average Bonchev–Trinajstić information content (AvgIpc) is 3.31. The normalized spacial score (nSPS) is 34.2. The molecule has 0 bridgehead atoms. The van der Waals surface area contributed by atoms with E-state index in [-0.39, 0.29) is 18.9 Å². The number of unbranched alkanes of at least 4 members (excludes halogenated alkanes) is 7. The lowest BCUT2D eigenvalue weighted by Gasteiger charge is -2.48. The van der Waals surface area contributed by atoms with Gasteiger partial charge in [0.15, 0.2) is 18.9 Å². The Kier molecular flexibility index (Phi) is 28.6. The van der Waals surface area contributed by atoms with Crippen molar-refractivity contribution in [2.45, 2.75) is 214 Å². The number of nitrogens with one attached hydrogen (secondary N) is 1. The number of hydrogen-bond acceptors (Lipinski definition) is 18. The average molecular weight is 948 g/mol. The molecule has 17 unspecified atom stereocenters. The Hall–Kier alpha value is -2.25. The Balaban J connectivity index is 1.55. The van der Waals surface area contributed by atoms with E-state index in [1.54, 1.807) is 0 Å². The Morgan fingerprint density at radius 3 is 1.61 bits per heavy atom. The number of amides is 1. The van der Waals surface area contributed by atoms with Gasteiger partial charge in [-0.2, -0.15) is 0 Å². The molecule has 3 rings (SSSR count). The first-order valence-corrected chi connectivity index (χ1v) is 23.9. The summed E-state index contributed by atoms with van der Waals surface area (Å²) >= 11 is 0. The van der Waals surface area contributed by atoms with Crippen LogP contribution in [0.15, 0.2) is 48.6 Å². The summed E-state index contributed by atoms with van der Waals surface area (Å²) in [7, 11) is 0. The zero-order chi connectivity index (χ0) is 48.4. The van der Waals surface area contributed by atoms with Gasteiger partial charge in [0.05, 0.1) is 38.6 Å². The van der Waals surface area contributed by atoms with Crippen molar-refractivity contribution in [3.63, 3.8) is 0 Å². The van der Waals surface area contributed by atoms with Gasteiger partial charge in [-0.15, -0.1) is 0 Å². The maximum atomic E-state index is 13.1. The minimum Gasteiger partial charge on any atom is -0.394 e. The molecule has 0 aromatic heterocycles. The fraction of sp³-hybridized carbons (Fsp3) is 0.809. The minimum absolute atomic E-state index is 0.210. The summed E-state index contributed by atoms with van der Waals surface area (Å²) in [5.41, 5.74) is 0. The Labute approximate surface area is 389 Å². The molecule has 19 nitrogen and oxygen atoms in total. The van der Waals surface area contributed by atoms with Crippen molar-refractivity contribution in [1.82, 2.24) is 5.32 Å². The number of aliphatic hydroxyl groups excluding tert-OH is 11. The molecule has 0 saturated carbocycles. The van der Waals surface area contributed by atoms with Crippen LogP contribution in [0.4, 0.5) is 0 Å². The number of carbonyl (C=O) groups excluding carboxylic acids is 1. The molecule has 3 heterocycles. The topological polar surface area (TPSA) is 307 Å². The highest BCUT2D eigenvalue weighted by Gasteiger charge is 2.53. The van der Waals surface area contributed by atoms with Gasteiger partial charge in [0, 0.05) is 6.42 Å². The first kappa shape index (κ1) is 58.1. The smallest absolute Gasteiger partial charge is 0.220 e. The molecular formula is C47H81NO18. The van der Waals surface area contributed by atoms with Gasteiger partial charge in [0.25, 0.3) is 0 Å². The third-order valence-corrected chi connectivity index (χ3v) is 11.9. The van der Waals surface area contributed by atoms with E-state index in [4.69, 9.17) is 28.4 Å². The number of aliphatic hydroxyl groups is 11. The number of hydrogen-bond donors (Lipinski definition) is 12. The first-order valence-electron chi connectivity index (χ1n) is 23.9. The van der Waals surface area contributed by atoms with E-state index < -0.39 is 124 Å². The Morgan fingerprint density at radius 2 is 1.05 bits per heavy atom. The lowest BCUT2D eigenvalue weighted by atomic mass is 9.96. The highest BCUT2D eigenvalue weighted by atomic mass is 16.8. The van der Waals surface area contributed by atoms with Crippen LogP contribution >= 0.6 is 0 Å². The molecule has 3 saturated heterocycles. The predicted molar refractivity (Wildman–Crippen MR) is 240 cm³/mol. The van der Waals surface area contributed by atoms with E-state index >= 15 is 0 Å². The van der Waals surface area contributed by atoms with Crippen LogP contribution in [0.3, 0.4) is 0 Å². The molecule has 19 heteroatoms. The number of allylic oxidation sites excluding steroid dienone is 8. The standard InChI is InChI=1S/C47H81NO18/c1-3-5-7-9-11-12-13-14-15-16-17-18-19-21-23-25-35(53)48-30(31(52)24-22-20-10-8-6-4-2)29-61-45-41(59)38(56)43(33(27-50)63-45)66-47-42(60)39(57)44(34(28-51)64-47)65-46-40(58)37(55)36(54)32(26-49)62-46/h5,7,11-12,14-15,17-18,30-34,36-47,49-52,54-60H,3-4,6,8-10,13,16,19-29H2,1-2H3,(H,48,53)/b7-5-,12-11-,15-14-,18-17-. The molecule has 3 fully saturated rings. The molecule has 0 radical (unpaired) electrons. The van der Waals surface area contributed by atoms with E-state index in [9.17, 15) is 61.0 Å². The van der Waals surface area contributed by atoms with Crippen molar-refractivity contribution in [3.05, 3.63) is 48.6 Å². The summed E-state index contributed by atoms with van der Waals surface area (Å²) in [6, 6.07) is -0.905. The molecule has 382 valence electrons. The van der Waals surface area contributed by atoms with Gasteiger partial charge in [0.2, 0.25) is 5.91 Å². The zero-order valence-corrected chi connectivity index (χ0v) is 38.6. The molecule has 66 heavy (non-hydrogen) atoms. The van der Waals surface area contributed by atoms with Crippen LogP contribution in [0.2, 0.25) is 0 Å². The fourth-order valence-electron chi connectivity index (χ4n) is 7.89. The second kappa shape index (κ2) is 32.5. The van der Waals surface area contributed by atoms with Crippen molar-refractivity contribution in [2.24, 2.45) is 0 Å². The zero-order valence-electron chi connectivity index (χ0n) is 38.6. The largest absolute Gasteiger partial charge is 0.394 e. The van der Waals surface area contributed by atoms with Crippen LogP contribution < -0.4 is 5.32 Å². The molecule has 0 aromatic carbocycles. The minimum atomic E-state index is -1.97. The van der Waals surface area contributed by atoms with E-state index in [2.05, 4.69) is 67.8 Å². The summed E-state index contributed by atoms with van der Waals surface area (Å²) < 4.78 is 34.0. The second-order valence-corrected chi connectivity index (χ2v) is 17.2. The van der Waals surface area contributed by atoms with Gasteiger partial charge in [-0.1, -0.05) is 101 Å². The highest BCUT2D eigenvalue weighted by Crippen LogP contribution is 2.33. The monoisotopic (exact) mass is 948 g/mol. The lowest BCUT2D eigenvalue weighted by molar-refractivity contribution is -0.379. The summed E-state index contributed by atoms with van der Waals surface area (Å²) in [6.45, 7) is 1.50. The first-order chi connectivity index (χ1) is 31.8. The summed E-state index contributed by atoms with van der Waals surface area (Å²) in [5.74, 6) is -0.294. The molecule has 1 amide bonds. The SMILES string of the molecule is CC/C=C\C/C=C\C/C=C\C/C=C\CCCCC(=O)NC(COC1OC(CO)C(OC2OC(CO)C(OC3OC(CO)C(O)C(O)C3O)C(O)C2O)C(O)C1O)C(O)CCCCCCCC. The molecule has 0 aromatic rings. The molecule has 0 aliphatic carbocycles. The number of rotatable bonds is 31. The van der Waals surface area contributed by atoms with Crippen molar-refractivity contribution in [1.29, 1.82) is 0 Å². The van der Waals surface area contributed by atoms with Crippen LogP contribution in [0, 0.1) is 0 Å². The maximum absolute atomic E-state index is 13.1. The third kappa shape index (κ3) is 18.9. The molecule has 3 aliphatic heterocycles. The number of ether oxygens (including phenoxy) is 6. The maximum Gasteiger partial charge on any atom is 0.220 e. The van der Waals surface area contributed by atoms with Crippen molar-refractivity contribution in [3.8, 4) is 0 Å². The van der Waals surface area contributed by atoms with Crippen LogP contribution in [-0.2, 0) is 33.2 Å². The van der Waals surface area contributed by atoms with E-state index in [1.807, 2.05) is 0 Å². The van der Waals surface area contributed by atoms with Crippen LogP contribution in [0.1, 0.15) is 110 Å². The predicted octanol–water partition coefficient (Wildman–Crippen LogP) is 0.413. The molecule has 17 atom stereocenters. The van der Waals surface area contributed by atoms with Crippen molar-refractivity contribution < 1.29 is 89.4 Å². The van der Waals surface area contributed by atoms with Crippen LogP contribution in [0.25, 0.3) is 0 Å². The van der Waals surface area contributed by atoms with E-state index in [1.165, 1.54) is 0 Å². The highest BCUT2D eigenvalue weighted by molar-refractivity contribution is 5.76. The van der Waals surface area contributed by atoms with Gasteiger partial charge in [-0.05, 0) is 51.4 Å². The van der Waals surface area contributed by atoms with Crippen LogP contribution in [-0.4, -0.2) is 193 Å². The Morgan fingerprint density at radius 1 is 0.561 bits per heavy atom. The molecular weight excluding hydrogens is 867 g/mol. The summed E-state index contributed by atoms with van der Waals surface area (Å²) in [5, 5.41) is 119. The molecule has 0 spiro atoms. The third-order valence-electron chi connectivity index (χ3n) is 11.9. The van der Waals surface area contributed by atoms with E-state index in [0.717, 1.165) is 70.6 Å². The lowest BCUT2D eigenvalue weighted by Crippen LogP contribution is -2.66. The van der Waals surface area contributed by atoms with Gasteiger partial charge in [0.1, 0.15) is 73.2 Å². The molecule has 12 N–H and O–H groups in total. The van der Waals surface area contributed by atoms with Gasteiger partial charge in [-0.25, -0.2) is 0 Å². The van der Waals surface area contributed by atoms with Gasteiger partial charge >= 0.3 is 0 Å². The van der Waals surface area contributed by atoms with Crippen LogP contribution in [0.5, 0.6) is 0 Å². The number of carbonyl (C=O) groups is 1. The fourth-order valence-corrected chi connectivity index (χ4v) is 7.89. The van der Waals surface area contributed by atoms with Crippen molar-refractivity contribution >= 4 is 5.91 Å². The summed E-state index contributed by atoms with van der Waals surface area (Å²) in [4.78, 5) is 13.1. The van der Waals surface area contributed by atoms with Gasteiger partial charge in [-0.3, -0.25) is 4.79 Å². The van der Waals surface area contributed by atoms with Gasteiger partial charge < -0.3 is 89.9 Å². The van der Waals surface area contributed by atoms with E-state index in [0.29, 0.717) is 19.3 Å². The second-order valence-electron chi connectivity index (χ2n) is 17.2. The quantitative estimate of drug-likeness (QED) is 0.0331. The Bertz CT molecular complexity index is 1410. The van der Waals surface area contributed by atoms with Crippen molar-refractivity contribution in [2.75, 3.05) is 26.4 Å². The summed E-state index contributed by atoms with van der Waals surface area (Å²) in [6.07, 6.45) is 2.83.